The molecule has 2 aromatic rings. The van der Waals surface area contributed by atoms with Crippen molar-refractivity contribution >= 4 is 11.8 Å². The lowest BCUT2D eigenvalue weighted by molar-refractivity contribution is 0.199. The van der Waals surface area contributed by atoms with Crippen LogP contribution in [-0.4, -0.2) is 25.2 Å². The standard InChI is InChI=1S/C15H18N2OS/c1-18-11-10-16-12-13-6-5-9-17-15(13)19-14-7-3-2-4-8-14/h2-9,16H,10-12H2,1H3. The van der Waals surface area contributed by atoms with Crippen molar-refractivity contribution in [2.24, 2.45) is 0 Å². The topological polar surface area (TPSA) is 34.1 Å². The normalized spacial score (nSPS) is 10.6. The average molecular weight is 274 g/mol. The largest absolute Gasteiger partial charge is 0.383 e. The number of hydrogen-bond acceptors (Lipinski definition) is 4. The Morgan fingerprint density at radius 1 is 1.16 bits per heavy atom. The molecule has 2 rings (SSSR count). The van der Waals surface area contributed by atoms with Gasteiger partial charge in [-0.05, 0) is 23.8 Å². The highest BCUT2D eigenvalue weighted by Crippen LogP contribution is 2.28. The molecular weight excluding hydrogens is 256 g/mol. The fourth-order valence-electron chi connectivity index (χ4n) is 1.65. The van der Waals surface area contributed by atoms with E-state index in [1.165, 1.54) is 10.5 Å². The Kier molecular flexibility index (Phi) is 5.88. The summed E-state index contributed by atoms with van der Waals surface area (Å²) in [5.41, 5.74) is 1.22. The third-order valence-electron chi connectivity index (χ3n) is 2.61. The Hall–Kier alpha value is -1.36. The Balaban J connectivity index is 2.00. The van der Waals surface area contributed by atoms with Crippen molar-refractivity contribution in [2.75, 3.05) is 20.3 Å². The van der Waals surface area contributed by atoms with Gasteiger partial charge in [0.1, 0.15) is 5.03 Å². The number of hydrogen-bond donors (Lipinski definition) is 1. The van der Waals surface area contributed by atoms with Crippen molar-refractivity contribution < 1.29 is 4.74 Å². The number of aromatic nitrogens is 1. The Labute approximate surface area is 118 Å². The maximum absolute atomic E-state index is 5.02. The molecule has 0 aliphatic carbocycles. The molecule has 0 aliphatic rings. The predicted molar refractivity (Wildman–Crippen MR) is 78.4 cm³/mol. The van der Waals surface area contributed by atoms with E-state index >= 15 is 0 Å². The molecule has 0 amide bonds. The number of methoxy groups -OCH3 is 1. The van der Waals surface area contributed by atoms with Gasteiger partial charge >= 0.3 is 0 Å². The van der Waals surface area contributed by atoms with E-state index in [1.807, 2.05) is 30.5 Å². The van der Waals surface area contributed by atoms with Crippen molar-refractivity contribution in [2.45, 2.75) is 16.5 Å². The SMILES string of the molecule is COCCNCc1cccnc1Sc1ccccc1. The summed E-state index contributed by atoms with van der Waals surface area (Å²) in [5.74, 6) is 0. The van der Waals surface area contributed by atoms with Gasteiger partial charge in [-0.3, -0.25) is 0 Å². The monoisotopic (exact) mass is 274 g/mol. The molecule has 0 radical (unpaired) electrons. The lowest BCUT2D eigenvalue weighted by Gasteiger charge is -2.09. The van der Waals surface area contributed by atoms with E-state index in [-0.39, 0.29) is 0 Å². The van der Waals surface area contributed by atoms with Crippen LogP contribution in [0.15, 0.2) is 58.6 Å². The third-order valence-corrected chi connectivity index (χ3v) is 3.67. The van der Waals surface area contributed by atoms with Gasteiger partial charge in [0.05, 0.1) is 6.61 Å². The molecule has 0 atom stereocenters. The fourth-order valence-corrected chi connectivity index (χ4v) is 2.55. The minimum atomic E-state index is 0.724. The van der Waals surface area contributed by atoms with Crippen LogP contribution in [0.1, 0.15) is 5.56 Å². The quantitative estimate of drug-likeness (QED) is 0.787. The second kappa shape index (κ2) is 7.94. The van der Waals surface area contributed by atoms with E-state index in [1.54, 1.807) is 18.9 Å². The maximum Gasteiger partial charge on any atom is 0.105 e. The minimum absolute atomic E-state index is 0.724. The van der Waals surface area contributed by atoms with Gasteiger partial charge < -0.3 is 10.1 Å². The number of ether oxygens (including phenoxy) is 1. The van der Waals surface area contributed by atoms with E-state index in [4.69, 9.17) is 4.74 Å². The number of pyridine rings is 1. The van der Waals surface area contributed by atoms with Gasteiger partial charge in [-0.25, -0.2) is 4.98 Å². The number of rotatable bonds is 7. The van der Waals surface area contributed by atoms with E-state index in [0.717, 1.165) is 24.7 Å². The van der Waals surface area contributed by atoms with Crippen LogP contribution < -0.4 is 5.32 Å². The van der Waals surface area contributed by atoms with E-state index in [2.05, 4.69) is 28.5 Å². The molecule has 0 unspecified atom stereocenters. The van der Waals surface area contributed by atoms with Crippen molar-refractivity contribution in [1.82, 2.24) is 10.3 Å². The summed E-state index contributed by atoms with van der Waals surface area (Å²) in [6.45, 7) is 2.38. The fraction of sp³-hybridized carbons (Fsp3) is 0.267. The highest BCUT2D eigenvalue weighted by atomic mass is 32.2. The first kappa shape index (κ1) is 14.1. The molecule has 3 nitrogen and oxygen atoms in total. The first-order valence-electron chi connectivity index (χ1n) is 6.26. The van der Waals surface area contributed by atoms with Crippen LogP contribution in [-0.2, 0) is 11.3 Å². The first-order chi connectivity index (χ1) is 9.40. The summed E-state index contributed by atoms with van der Waals surface area (Å²) in [6.07, 6.45) is 1.84. The molecule has 1 heterocycles. The second-order valence-electron chi connectivity index (χ2n) is 4.05. The number of nitrogens with one attached hydrogen (secondary N) is 1. The summed E-state index contributed by atoms with van der Waals surface area (Å²) in [4.78, 5) is 5.67. The highest BCUT2D eigenvalue weighted by molar-refractivity contribution is 7.99. The van der Waals surface area contributed by atoms with Crippen LogP contribution in [0.25, 0.3) is 0 Å². The third kappa shape index (κ3) is 4.67. The van der Waals surface area contributed by atoms with E-state index in [9.17, 15) is 0 Å². The Morgan fingerprint density at radius 3 is 2.79 bits per heavy atom. The molecule has 0 saturated heterocycles. The molecule has 1 N–H and O–H groups in total. The summed E-state index contributed by atoms with van der Waals surface area (Å²) in [6, 6.07) is 14.4. The molecule has 0 fully saturated rings. The molecule has 19 heavy (non-hydrogen) atoms. The van der Waals surface area contributed by atoms with E-state index < -0.39 is 0 Å². The van der Waals surface area contributed by atoms with Gasteiger partial charge in [-0.2, -0.15) is 0 Å². The zero-order valence-electron chi connectivity index (χ0n) is 11.0. The predicted octanol–water partition coefficient (Wildman–Crippen LogP) is 2.97. The summed E-state index contributed by atoms with van der Waals surface area (Å²) >= 11 is 1.70. The van der Waals surface area contributed by atoms with E-state index in [0.29, 0.717) is 0 Å². The van der Waals surface area contributed by atoms with Crippen molar-refractivity contribution in [3.63, 3.8) is 0 Å². The molecule has 0 bridgehead atoms. The second-order valence-corrected chi connectivity index (χ2v) is 5.11. The summed E-state index contributed by atoms with van der Waals surface area (Å²) in [7, 11) is 1.71. The molecule has 1 aromatic carbocycles. The van der Waals surface area contributed by atoms with Gasteiger partial charge in [0.25, 0.3) is 0 Å². The van der Waals surface area contributed by atoms with Crippen LogP contribution in [0, 0.1) is 0 Å². The number of benzene rings is 1. The Morgan fingerprint density at radius 2 is 2.00 bits per heavy atom. The van der Waals surface area contributed by atoms with Gasteiger partial charge in [0.2, 0.25) is 0 Å². The van der Waals surface area contributed by atoms with Crippen LogP contribution in [0.3, 0.4) is 0 Å². The van der Waals surface area contributed by atoms with Gasteiger partial charge in [-0.15, -0.1) is 0 Å². The van der Waals surface area contributed by atoms with Gasteiger partial charge in [0.15, 0.2) is 0 Å². The van der Waals surface area contributed by atoms with Crippen molar-refractivity contribution in [3.05, 3.63) is 54.2 Å². The van der Waals surface area contributed by atoms with Crippen LogP contribution in [0.5, 0.6) is 0 Å². The molecule has 4 heteroatoms. The summed E-state index contributed by atoms with van der Waals surface area (Å²) < 4.78 is 5.02. The van der Waals surface area contributed by atoms with Crippen molar-refractivity contribution in [1.29, 1.82) is 0 Å². The smallest absolute Gasteiger partial charge is 0.105 e. The molecule has 100 valence electrons. The van der Waals surface area contributed by atoms with Crippen molar-refractivity contribution in [3.8, 4) is 0 Å². The zero-order chi connectivity index (χ0) is 13.3. The highest BCUT2D eigenvalue weighted by Gasteiger charge is 2.04. The average Bonchev–Trinajstić information content (AvgIpc) is 2.46. The Bertz CT molecular complexity index is 491. The van der Waals surface area contributed by atoms with Crippen LogP contribution >= 0.6 is 11.8 Å². The first-order valence-corrected chi connectivity index (χ1v) is 7.08. The molecule has 0 saturated carbocycles. The molecule has 1 aromatic heterocycles. The molecule has 0 spiro atoms. The molecule has 0 aliphatic heterocycles. The van der Waals surface area contributed by atoms with Crippen LogP contribution in [0.2, 0.25) is 0 Å². The van der Waals surface area contributed by atoms with Gasteiger partial charge in [-0.1, -0.05) is 36.0 Å². The molecular formula is C15H18N2OS. The minimum Gasteiger partial charge on any atom is -0.383 e. The lowest BCUT2D eigenvalue weighted by atomic mass is 10.3. The maximum atomic E-state index is 5.02. The zero-order valence-corrected chi connectivity index (χ0v) is 11.8. The van der Waals surface area contributed by atoms with Crippen LogP contribution in [0.4, 0.5) is 0 Å². The van der Waals surface area contributed by atoms with Gasteiger partial charge in [0, 0.05) is 31.3 Å². The summed E-state index contributed by atoms with van der Waals surface area (Å²) in [5, 5.41) is 4.40. The lowest BCUT2D eigenvalue weighted by Crippen LogP contribution is -2.19. The number of nitrogens with zero attached hydrogens (tertiary/aromatic N) is 1.